The Morgan fingerprint density at radius 3 is 2.36 bits per heavy atom. The van der Waals surface area contributed by atoms with Gasteiger partial charge in [-0.1, -0.05) is 39.5 Å². The lowest BCUT2D eigenvalue weighted by atomic mass is 10.0. The monoisotopic (exact) mass is 323 g/mol. The van der Waals surface area contributed by atoms with Gasteiger partial charge in [-0.15, -0.1) is 0 Å². The molecule has 1 aromatic carbocycles. The van der Waals surface area contributed by atoms with Crippen molar-refractivity contribution >= 4 is 8.32 Å². The quantitative estimate of drug-likeness (QED) is 0.471. The van der Waals surface area contributed by atoms with Gasteiger partial charge < -0.3 is 4.43 Å². The van der Waals surface area contributed by atoms with Crippen LogP contribution >= 0.6 is 0 Å². The molecule has 1 rings (SSSR count). The summed E-state index contributed by atoms with van der Waals surface area (Å²) in [7, 11) is -2.23. The van der Waals surface area contributed by atoms with Gasteiger partial charge in [0.15, 0.2) is 8.32 Å². The van der Waals surface area contributed by atoms with E-state index in [0.29, 0.717) is 17.2 Å². The number of alkyl halides is 2. The minimum absolute atomic E-state index is 0.330. The van der Waals surface area contributed by atoms with Crippen molar-refractivity contribution < 1.29 is 13.2 Å². The number of hydrogen-bond donors (Lipinski definition) is 0. The van der Waals surface area contributed by atoms with Crippen LogP contribution in [0.3, 0.4) is 0 Å². The smallest absolute Gasteiger partial charge is 0.294 e. The van der Waals surface area contributed by atoms with Gasteiger partial charge in [0.05, 0.1) is 11.6 Å². The van der Waals surface area contributed by atoms with Crippen molar-refractivity contribution in [3.8, 4) is 6.07 Å². The van der Waals surface area contributed by atoms with Crippen molar-refractivity contribution in [2.45, 2.75) is 50.9 Å². The van der Waals surface area contributed by atoms with Crippen LogP contribution in [0.15, 0.2) is 36.9 Å². The van der Waals surface area contributed by atoms with Gasteiger partial charge in [0.25, 0.3) is 5.92 Å². The highest BCUT2D eigenvalue weighted by Crippen LogP contribution is 2.40. The number of halogens is 2. The number of benzene rings is 1. The van der Waals surface area contributed by atoms with Gasteiger partial charge in [0, 0.05) is 0 Å². The normalized spacial score (nSPS) is 13.5. The molecule has 0 aliphatic rings. The van der Waals surface area contributed by atoms with Crippen molar-refractivity contribution in [1.82, 2.24) is 0 Å². The zero-order valence-electron chi connectivity index (χ0n) is 13.4. The van der Waals surface area contributed by atoms with Crippen LogP contribution in [-0.4, -0.2) is 14.2 Å². The van der Waals surface area contributed by atoms with Crippen LogP contribution in [0.4, 0.5) is 8.78 Å². The molecule has 0 spiro atoms. The Balaban J connectivity index is 3.31. The highest BCUT2D eigenvalue weighted by atomic mass is 28.4. The summed E-state index contributed by atoms with van der Waals surface area (Å²) in [6.45, 7) is 9.23. The van der Waals surface area contributed by atoms with Crippen LogP contribution < -0.4 is 0 Å². The fourth-order valence-electron chi connectivity index (χ4n) is 2.50. The zero-order valence-corrected chi connectivity index (χ0v) is 14.4. The molecule has 1 atom stereocenters. The van der Waals surface area contributed by atoms with Crippen LogP contribution in [-0.2, 0) is 4.43 Å². The molecule has 120 valence electrons. The number of nitriles is 1. The highest BCUT2D eigenvalue weighted by molar-refractivity contribution is 6.73. The van der Waals surface area contributed by atoms with Crippen molar-refractivity contribution in [3.05, 3.63) is 48.0 Å². The second-order valence-electron chi connectivity index (χ2n) is 5.36. The molecule has 0 heterocycles. The first-order valence-electron chi connectivity index (χ1n) is 7.57. The topological polar surface area (TPSA) is 33.0 Å². The molecule has 22 heavy (non-hydrogen) atoms. The molecule has 0 radical (unpaired) electrons. The van der Waals surface area contributed by atoms with E-state index in [9.17, 15) is 8.78 Å². The summed E-state index contributed by atoms with van der Waals surface area (Å²) in [5, 5.41) is 8.99. The fourth-order valence-corrected chi connectivity index (χ4v) is 5.29. The van der Waals surface area contributed by atoms with E-state index in [4.69, 9.17) is 9.69 Å². The summed E-state index contributed by atoms with van der Waals surface area (Å²) in [5.74, 6) is -3.17. The van der Waals surface area contributed by atoms with Gasteiger partial charge in [0.2, 0.25) is 0 Å². The van der Waals surface area contributed by atoms with Gasteiger partial charge in [-0.25, -0.2) is 0 Å². The molecule has 0 aliphatic carbocycles. The van der Waals surface area contributed by atoms with E-state index in [-0.39, 0.29) is 0 Å². The first-order chi connectivity index (χ1) is 10.4. The minimum Gasteiger partial charge on any atom is -0.404 e. The van der Waals surface area contributed by atoms with E-state index in [1.54, 1.807) is 18.2 Å². The fraction of sp³-hybridized carbons (Fsp3) is 0.471. The Morgan fingerprint density at radius 1 is 1.32 bits per heavy atom. The molecule has 5 heteroatoms. The molecule has 0 saturated heterocycles. The SMILES string of the molecule is C=CC(F)(F)C(O[Si](CC)(CC)CC)c1cccc(C#N)c1. The number of rotatable bonds is 8. The van der Waals surface area contributed by atoms with E-state index in [2.05, 4.69) is 6.58 Å². The predicted molar refractivity (Wildman–Crippen MR) is 87.3 cm³/mol. The van der Waals surface area contributed by atoms with Gasteiger partial charge in [-0.05, 0) is 41.9 Å². The third-order valence-corrected chi connectivity index (χ3v) is 8.84. The summed E-state index contributed by atoms with van der Waals surface area (Å²) in [5.41, 5.74) is 0.680. The maximum atomic E-state index is 14.4. The van der Waals surface area contributed by atoms with E-state index in [0.717, 1.165) is 18.1 Å². The minimum atomic E-state index is -3.17. The largest absolute Gasteiger partial charge is 0.404 e. The maximum absolute atomic E-state index is 14.4. The molecule has 0 bridgehead atoms. The van der Waals surface area contributed by atoms with Crippen molar-refractivity contribution in [3.63, 3.8) is 0 Å². The van der Waals surface area contributed by atoms with Gasteiger partial charge in [-0.2, -0.15) is 14.0 Å². The molecule has 2 nitrogen and oxygen atoms in total. The molecule has 1 aromatic rings. The second kappa shape index (κ2) is 7.66. The Hall–Kier alpha value is -1.51. The third-order valence-electron chi connectivity index (χ3n) is 4.24. The van der Waals surface area contributed by atoms with Crippen molar-refractivity contribution in [2.75, 3.05) is 0 Å². The molecule has 0 amide bonds. The summed E-state index contributed by atoms with van der Waals surface area (Å²) in [6.07, 6.45) is -0.749. The van der Waals surface area contributed by atoms with Crippen molar-refractivity contribution in [2.24, 2.45) is 0 Å². The molecule has 1 unspecified atom stereocenters. The maximum Gasteiger partial charge on any atom is 0.294 e. The molecule has 0 fully saturated rings. The average molecular weight is 323 g/mol. The Labute approximate surface area is 132 Å². The van der Waals surface area contributed by atoms with Crippen LogP contribution in [0.25, 0.3) is 0 Å². The lowest BCUT2D eigenvalue weighted by molar-refractivity contribution is -0.0630. The van der Waals surface area contributed by atoms with Gasteiger partial charge in [-0.3, -0.25) is 0 Å². The number of hydrogen-bond acceptors (Lipinski definition) is 2. The van der Waals surface area contributed by atoms with Gasteiger partial charge >= 0.3 is 0 Å². The first-order valence-corrected chi connectivity index (χ1v) is 10.1. The molecular weight excluding hydrogens is 300 g/mol. The first kappa shape index (κ1) is 18.5. The van der Waals surface area contributed by atoms with E-state index in [1.165, 1.54) is 6.07 Å². The van der Waals surface area contributed by atoms with Crippen LogP contribution in [0.5, 0.6) is 0 Å². The summed E-state index contributed by atoms with van der Waals surface area (Å²) < 4.78 is 34.8. The molecule has 0 saturated carbocycles. The highest BCUT2D eigenvalue weighted by Gasteiger charge is 2.44. The molecular formula is C17H23F2NOSi. The lowest BCUT2D eigenvalue weighted by Crippen LogP contribution is -2.41. The third kappa shape index (κ3) is 4.02. The van der Waals surface area contributed by atoms with E-state index in [1.807, 2.05) is 26.8 Å². The van der Waals surface area contributed by atoms with Crippen LogP contribution in [0.1, 0.15) is 38.0 Å². The van der Waals surface area contributed by atoms with E-state index < -0.39 is 20.3 Å². The molecule has 0 aliphatic heterocycles. The average Bonchev–Trinajstić information content (AvgIpc) is 2.56. The van der Waals surface area contributed by atoms with E-state index >= 15 is 0 Å². The van der Waals surface area contributed by atoms with Crippen LogP contribution in [0.2, 0.25) is 18.1 Å². The summed E-state index contributed by atoms with van der Waals surface area (Å²) in [4.78, 5) is 0. The Bertz CT molecular complexity index is 542. The summed E-state index contributed by atoms with van der Waals surface area (Å²) in [6, 6.07) is 10.6. The molecule has 0 N–H and O–H groups in total. The standard InChI is InChI=1S/C17H23F2NOSi/c1-5-17(18,19)16(21-22(6-2,7-3)8-4)15-11-9-10-14(12-15)13-20/h5,9-12,16H,1,6-8H2,2-4H3. The lowest BCUT2D eigenvalue weighted by Gasteiger charge is -2.36. The Morgan fingerprint density at radius 2 is 1.91 bits per heavy atom. The van der Waals surface area contributed by atoms with Crippen LogP contribution in [0, 0.1) is 11.3 Å². The number of nitrogens with zero attached hydrogens (tertiary/aromatic N) is 1. The van der Waals surface area contributed by atoms with Gasteiger partial charge in [0.1, 0.15) is 6.10 Å². The predicted octanol–water partition coefficient (Wildman–Crippen LogP) is 5.44. The van der Waals surface area contributed by atoms with Crippen molar-refractivity contribution in [1.29, 1.82) is 5.26 Å². The molecule has 0 aromatic heterocycles. The second-order valence-corrected chi connectivity index (χ2v) is 10.1. The summed E-state index contributed by atoms with van der Waals surface area (Å²) >= 11 is 0. The zero-order chi connectivity index (χ0) is 16.8. The Kier molecular flexibility index (Phi) is 6.45.